The molecule has 0 spiro atoms. The topological polar surface area (TPSA) is 47.6 Å². The van der Waals surface area contributed by atoms with Crippen LogP contribution in [-0.2, 0) is 10.2 Å². The first-order valence-electron chi connectivity index (χ1n) is 8.40. The summed E-state index contributed by atoms with van der Waals surface area (Å²) in [5.74, 6) is -0.705. The van der Waals surface area contributed by atoms with E-state index in [1.54, 1.807) is 6.07 Å². The van der Waals surface area contributed by atoms with Crippen LogP contribution < -0.4 is 10.1 Å². The van der Waals surface area contributed by atoms with Crippen molar-refractivity contribution >= 4 is 5.91 Å². The van der Waals surface area contributed by atoms with Gasteiger partial charge in [0.05, 0.1) is 7.11 Å². The molecule has 2 aromatic rings. The highest BCUT2D eigenvalue weighted by molar-refractivity contribution is 5.94. The number of hydrogen-bond acceptors (Lipinski definition) is 3. The van der Waals surface area contributed by atoms with E-state index in [9.17, 15) is 9.18 Å². The molecule has 5 heteroatoms. The van der Waals surface area contributed by atoms with Crippen LogP contribution in [-0.4, -0.2) is 32.8 Å². The van der Waals surface area contributed by atoms with Gasteiger partial charge in [-0.05, 0) is 36.6 Å². The Balaban J connectivity index is 1.75. The zero-order valence-electron chi connectivity index (χ0n) is 14.3. The molecule has 2 aromatic carbocycles. The number of halogens is 1. The molecule has 0 radical (unpaired) electrons. The number of ether oxygens (including phenoxy) is 2. The molecule has 25 heavy (non-hydrogen) atoms. The van der Waals surface area contributed by atoms with Gasteiger partial charge in [0.1, 0.15) is 0 Å². The van der Waals surface area contributed by atoms with Gasteiger partial charge >= 0.3 is 0 Å². The second-order valence-electron chi connectivity index (χ2n) is 6.29. The van der Waals surface area contributed by atoms with E-state index in [4.69, 9.17) is 9.47 Å². The fourth-order valence-corrected chi connectivity index (χ4v) is 3.28. The molecule has 4 nitrogen and oxygen atoms in total. The van der Waals surface area contributed by atoms with E-state index in [2.05, 4.69) is 17.4 Å². The van der Waals surface area contributed by atoms with Gasteiger partial charge in [-0.15, -0.1) is 0 Å². The third kappa shape index (κ3) is 3.82. The summed E-state index contributed by atoms with van der Waals surface area (Å²) in [5, 5.41) is 2.97. The van der Waals surface area contributed by atoms with Gasteiger partial charge in [0.25, 0.3) is 5.91 Å². The Morgan fingerprint density at radius 1 is 1.20 bits per heavy atom. The molecule has 0 atom stereocenters. The van der Waals surface area contributed by atoms with Gasteiger partial charge < -0.3 is 14.8 Å². The van der Waals surface area contributed by atoms with Gasteiger partial charge in [-0.3, -0.25) is 4.79 Å². The Kier molecular flexibility index (Phi) is 5.34. The molecular formula is C20H22FNO3. The van der Waals surface area contributed by atoms with Crippen LogP contribution in [0.4, 0.5) is 4.39 Å². The maximum absolute atomic E-state index is 13.8. The summed E-state index contributed by atoms with van der Waals surface area (Å²) in [5.41, 5.74) is 1.33. The zero-order valence-corrected chi connectivity index (χ0v) is 14.3. The maximum Gasteiger partial charge on any atom is 0.251 e. The van der Waals surface area contributed by atoms with Crippen LogP contribution in [0.25, 0.3) is 0 Å². The summed E-state index contributed by atoms with van der Waals surface area (Å²) in [6.07, 6.45) is 1.68. The van der Waals surface area contributed by atoms with E-state index in [0.717, 1.165) is 12.8 Å². The van der Waals surface area contributed by atoms with Crippen LogP contribution in [0.5, 0.6) is 5.75 Å². The fraction of sp³-hybridized carbons (Fsp3) is 0.350. The van der Waals surface area contributed by atoms with Gasteiger partial charge in [0.15, 0.2) is 11.6 Å². The molecule has 1 aliphatic rings. The Hall–Kier alpha value is -2.40. The van der Waals surface area contributed by atoms with E-state index in [-0.39, 0.29) is 22.6 Å². The highest BCUT2D eigenvalue weighted by atomic mass is 19.1. The molecule has 0 saturated carbocycles. The first-order valence-corrected chi connectivity index (χ1v) is 8.40. The molecule has 1 amide bonds. The zero-order chi connectivity index (χ0) is 17.7. The minimum absolute atomic E-state index is 0.127. The molecule has 1 fully saturated rings. The Bertz CT molecular complexity index is 727. The lowest BCUT2D eigenvalue weighted by Crippen LogP contribution is -2.44. The SMILES string of the molecule is COc1ccc(C(=O)NCC2(c3ccccc3)CCOCC2)cc1F. The smallest absolute Gasteiger partial charge is 0.251 e. The predicted octanol–water partition coefficient (Wildman–Crippen LogP) is 3.31. The number of benzene rings is 2. The molecule has 0 unspecified atom stereocenters. The summed E-state index contributed by atoms with van der Waals surface area (Å²) in [4.78, 5) is 12.5. The summed E-state index contributed by atoms with van der Waals surface area (Å²) in [6, 6.07) is 14.4. The molecule has 1 saturated heterocycles. The van der Waals surface area contributed by atoms with Gasteiger partial charge in [-0.2, -0.15) is 0 Å². The van der Waals surface area contributed by atoms with Crippen molar-refractivity contribution in [2.45, 2.75) is 18.3 Å². The first kappa shape index (κ1) is 17.4. The average Bonchev–Trinajstić information content (AvgIpc) is 2.67. The normalized spacial score (nSPS) is 16.2. The van der Waals surface area contributed by atoms with E-state index in [1.807, 2.05) is 18.2 Å². The number of amides is 1. The Morgan fingerprint density at radius 2 is 1.92 bits per heavy atom. The van der Waals surface area contributed by atoms with Crippen molar-refractivity contribution in [3.63, 3.8) is 0 Å². The van der Waals surface area contributed by atoms with Crippen molar-refractivity contribution in [1.82, 2.24) is 5.32 Å². The van der Waals surface area contributed by atoms with E-state index in [0.29, 0.717) is 19.8 Å². The van der Waals surface area contributed by atoms with E-state index in [1.165, 1.54) is 24.8 Å². The summed E-state index contributed by atoms with van der Waals surface area (Å²) >= 11 is 0. The number of nitrogens with one attached hydrogen (secondary N) is 1. The lowest BCUT2D eigenvalue weighted by Gasteiger charge is -2.38. The maximum atomic E-state index is 13.8. The molecule has 1 N–H and O–H groups in total. The number of rotatable bonds is 5. The second kappa shape index (κ2) is 7.66. The average molecular weight is 343 g/mol. The third-order valence-electron chi connectivity index (χ3n) is 4.84. The van der Waals surface area contributed by atoms with Crippen LogP contribution in [0.15, 0.2) is 48.5 Å². The number of carbonyl (C=O) groups is 1. The quantitative estimate of drug-likeness (QED) is 0.906. The minimum atomic E-state index is -0.543. The molecule has 0 aromatic heterocycles. The lowest BCUT2D eigenvalue weighted by atomic mass is 9.74. The molecule has 1 aliphatic heterocycles. The number of methoxy groups -OCH3 is 1. The standard InChI is InChI=1S/C20H22FNO3/c1-24-18-8-7-15(13-17(18)21)19(23)22-14-20(9-11-25-12-10-20)16-5-3-2-4-6-16/h2-8,13H,9-12,14H2,1H3,(H,22,23). The summed E-state index contributed by atoms with van der Waals surface area (Å²) < 4.78 is 24.2. The monoisotopic (exact) mass is 343 g/mol. The van der Waals surface area contributed by atoms with Gasteiger partial charge in [0, 0.05) is 30.7 Å². The van der Waals surface area contributed by atoms with Gasteiger partial charge in [-0.25, -0.2) is 4.39 Å². The number of hydrogen-bond donors (Lipinski definition) is 1. The van der Waals surface area contributed by atoms with Crippen LogP contribution >= 0.6 is 0 Å². The molecule has 0 aliphatic carbocycles. The highest BCUT2D eigenvalue weighted by Crippen LogP contribution is 2.34. The van der Waals surface area contributed by atoms with Crippen molar-refractivity contribution in [3.05, 3.63) is 65.5 Å². The van der Waals surface area contributed by atoms with Crippen LogP contribution in [0.1, 0.15) is 28.8 Å². The molecular weight excluding hydrogens is 321 g/mol. The molecule has 3 rings (SSSR count). The molecule has 132 valence electrons. The fourth-order valence-electron chi connectivity index (χ4n) is 3.28. The van der Waals surface area contributed by atoms with Crippen molar-refractivity contribution in [2.75, 3.05) is 26.9 Å². The minimum Gasteiger partial charge on any atom is -0.494 e. The Morgan fingerprint density at radius 3 is 2.56 bits per heavy atom. The van der Waals surface area contributed by atoms with Crippen LogP contribution in [0, 0.1) is 5.82 Å². The van der Waals surface area contributed by atoms with Crippen molar-refractivity contribution < 1.29 is 18.7 Å². The largest absolute Gasteiger partial charge is 0.494 e. The summed E-state index contributed by atoms with van der Waals surface area (Å²) in [6.45, 7) is 1.83. The highest BCUT2D eigenvalue weighted by Gasteiger charge is 2.34. The second-order valence-corrected chi connectivity index (χ2v) is 6.29. The Labute approximate surface area is 147 Å². The van der Waals surface area contributed by atoms with Crippen molar-refractivity contribution in [2.24, 2.45) is 0 Å². The third-order valence-corrected chi connectivity index (χ3v) is 4.84. The molecule has 1 heterocycles. The van der Waals surface area contributed by atoms with Crippen LogP contribution in [0.3, 0.4) is 0 Å². The lowest BCUT2D eigenvalue weighted by molar-refractivity contribution is 0.0487. The van der Waals surface area contributed by atoms with E-state index < -0.39 is 5.82 Å². The van der Waals surface area contributed by atoms with Gasteiger partial charge in [-0.1, -0.05) is 30.3 Å². The summed E-state index contributed by atoms with van der Waals surface area (Å²) in [7, 11) is 1.40. The van der Waals surface area contributed by atoms with Crippen molar-refractivity contribution in [1.29, 1.82) is 0 Å². The van der Waals surface area contributed by atoms with Crippen LogP contribution in [0.2, 0.25) is 0 Å². The predicted molar refractivity (Wildman–Crippen MR) is 93.5 cm³/mol. The van der Waals surface area contributed by atoms with Gasteiger partial charge in [0.2, 0.25) is 0 Å². The number of carbonyl (C=O) groups excluding carboxylic acids is 1. The first-order chi connectivity index (χ1) is 12.1. The van der Waals surface area contributed by atoms with E-state index >= 15 is 0 Å². The van der Waals surface area contributed by atoms with Crippen molar-refractivity contribution in [3.8, 4) is 5.75 Å². The molecule has 0 bridgehead atoms.